The maximum Gasteiger partial charge on any atom is 0.154 e. The van der Waals surface area contributed by atoms with Gasteiger partial charge in [-0.2, -0.15) is 0 Å². The zero-order valence-electron chi connectivity index (χ0n) is 16.0. The molecule has 2 atom stereocenters. The van der Waals surface area contributed by atoms with Gasteiger partial charge in [-0.3, -0.25) is 4.90 Å². The minimum absolute atomic E-state index is 0.130. The van der Waals surface area contributed by atoms with Gasteiger partial charge in [-0.05, 0) is 50.6 Å². The van der Waals surface area contributed by atoms with Crippen LogP contribution in [-0.2, 0) is 4.74 Å². The van der Waals surface area contributed by atoms with Crippen LogP contribution in [0.5, 0.6) is 0 Å². The van der Waals surface area contributed by atoms with E-state index in [2.05, 4.69) is 51.6 Å². The minimum atomic E-state index is -0.130. The van der Waals surface area contributed by atoms with Crippen molar-refractivity contribution >= 4 is 11.0 Å². The molecule has 1 aliphatic rings. The normalized spacial score (nSPS) is 17.8. The molecule has 0 amide bonds. The molecule has 1 aromatic heterocycles. The van der Waals surface area contributed by atoms with E-state index >= 15 is 0 Å². The first-order chi connectivity index (χ1) is 13.4. The number of para-hydroxylation sites is 1. The molecule has 2 aromatic carbocycles. The van der Waals surface area contributed by atoms with Crippen LogP contribution in [0, 0.1) is 0 Å². The Bertz CT molecular complexity index is 842. The Labute approximate surface area is 160 Å². The standard InChI is InChI=1S/C22H28N4O/c1-2-27-22(26-20-14-8-7-13-19(20)23-24-26)17-21(18-11-5-3-6-12-18)25-15-9-4-10-16-25/h3,5-8,11-14,21-22H,2,4,9-10,15-17H2,1H3. The van der Waals surface area contributed by atoms with Gasteiger partial charge >= 0.3 is 0 Å². The fraction of sp³-hybridized carbons (Fsp3) is 0.455. The number of ether oxygens (including phenoxy) is 1. The van der Waals surface area contributed by atoms with Crippen molar-refractivity contribution < 1.29 is 4.74 Å². The van der Waals surface area contributed by atoms with Gasteiger partial charge in [0, 0.05) is 19.1 Å². The second kappa shape index (κ2) is 8.63. The second-order valence-electron chi connectivity index (χ2n) is 7.19. The van der Waals surface area contributed by atoms with Gasteiger partial charge in [-0.1, -0.05) is 54.1 Å². The van der Waals surface area contributed by atoms with Crippen molar-refractivity contribution in [1.29, 1.82) is 0 Å². The third-order valence-corrected chi connectivity index (χ3v) is 5.45. The summed E-state index contributed by atoms with van der Waals surface area (Å²) in [7, 11) is 0. The Kier molecular flexibility index (Phi) is 5.80. The van der Waals surface area contributed by atoms with Crippen LogP contribution >= 0.6 is 0 Å². The Morgan fingerprint density at radius 3 is 2.48 bits per heavy atom. The summed E-state index contributed by atoms with van der Waals surface area (Å²) in [4.78, 5) is 2.62. The number of hydrogen-bond donors (Lipinski definition) is 0. The van der Waals surface area contributed by atoms with Crippen LogP contribution in [0.1, 0.15) is 50.4 Å². The van der Waals surface area contributed by atoms with Crippen LogP contribution in [0.4, 0.5) is 0 Å². The highest BCUT2D eigenvalue weighted by molar-refractivity contribution is 5.73. The van der Waals surface area contributed by atoms with Gasteiger partial charge in [0.1, 0.15) is 5.52 Å². The molecule has 1 fully saturated rings. The van der Waals surface area contributed by atoms with Crippen molar-refractivity contribution in [1.82, 2.24) is 19.9 Å². The summed E-state index contributed by atoms with van der Waals surface area (Å²) in [5.74, 6) is 0. The van der Waals surface area contributed by atoms with Gasteiger partial charge in [0.05, 0.1) is 5.52 Å². The van der Waals surface area contributed by atoms with Gasteiger partial charge in [0.25, 0.3) is 0 Å². The average Bonchev–Trinajstić information content (AvgIpc) is 3.16. The maximum atomic E-state index is 6.17. The molecule has 1 saturated heterocycles. The van der Waals surface area contributed by atoms with Crippen LogP contribution in [0.25, 0.3) is 11.0 Å². The largest absolute Gasteiger partial charge is 0.357 e. The van der Waals surface area contributed by atoms with Gasteiger partial charge in [0.15, 0.2) is 6.23 Å². The fourth-order valence-corrected chi connectivity index (χ4v) is 4.12. The van der Waals surface area contributed by atoms with E-state index in [0.717, 1.165) is 30.5 Å². The second-order valence-corrected chi connectivity index (χ2v) is 7.19. The Hall–Kier alpha value is -2.24. The number of hydrogen-bond acceptors (Lipinski definition) is 4. The smallest absolute Gasteiger partial charge is 0.154 e. The lowest BCUT2D eigenvalue weighted by molar-refractivity contribution is -0.0247. The van der Waals surface area contributed by atoms with Crippen molar-refractivity contribution in [2.75, 3.05) is 19.7 Å². The maximum absolute atomic E-state index is 6.17. The molecule has 0 spiro atoms. The number of benzene rings is 2. The number of aromatic nitrogens is 3. The third-order valence-electron chi connectivity index (χ3n) is 5.45. The van der Waals surface area contributed by atoms with Gasteiger partial charge < -0.3 is 4.74 Å². The Morgan fingerprint density at radius 1 is 0.963 bits per heavy atom. The monoisotopic (exact) mass is 364 g/mol. The SMILES string of the molecule is CCOC(CC(c1ccccc1)N1CCCCC1)n1nnc2ccccc21. The van der Waals surface area contributed by atoms with Crippen molar-refractivity contribution in [3.05, 3.63) is 60.2 Å². The van der Waals surface area contributed by atoms with E-state index in [9.17, 15) is 0 Å². The highest BCUT2D eigenvalue weighted by Crippen LogP contribution is 2.33. The number of piperidine rings is 1. The molecule has 27 heavy (non-hydrogen) atoms. The van der Waals surface area contributed by atoms with E-state index in [1.807, 2.05) is 29.8 Å². The van der Waals surface area contributed by atoms with Crippen molar-refractivity contribution in [2.45, 2.75) is 44.9 Å². The summed E-state index contributed by atoms with van der Waals surface area (Å²) in [5.41, 5.74) is 3.30. The minimum Gasteiger partial charge on any atom is -0.357 e. The van der Waals surface area contributed by atoms with Gasteiger partial charge in [-0.25, -0.2) is 4.68 Å². The van der Waals surface area contributed by atoms with E-state index in [4.69, 9.17) is 4.74 Å². The lowest BCUT2D eigenvalue weighted by Gasteiger charge is -2.36. The molecular formula is C22H28N4O. The zero-order valence-corrected chi connectivity index (χ0v) is 16.0. The molecule has 2 unspecified atom stereocenters. The molecule has 5 nitrogen and oxygen atoms in total. The average molecular weight is 364 g/mol. The summed E-state index contributed by atoms with van der Waals surface area (Å²) in [6.07, 6.45) is 4.62. The molecule has 2 heterocycles. The molecule has 0 saturated carbocycles. The van der Waals surface area contributed by atoms with Crippen molar-refractivity contribution in [3.63, 3.8) is 0 Å². The highest BCUT2D eigenvalue weighted by atomic mass is 16.5. The van der Waals surface area contributed by atoms with Gasteiger partial charge in [-0.15, -0.1) is 5.10 Å². The molecule has 0 radical (unpaired) electrons. The van der Waals surface area contributed by atoms with Crippen LogP contribution < -0.4 is 0 Å². The van der Waals surface area contributed by atoms with Crippen LogP contribution in [0.3, 0.4) is 0 Å². The molecule has 0 bridgehead atoms. The molecule has 1 aliphatic heterocycles. The number of fused-ring (bicyclic) bond motifs is 1. The van der Waals surface area contributed by atoms with E-state index in [0.29, 0.717) is 12.6 Å². The molecule has 3 aromatic rings. The summed E-state index contributed by atoms with van der Waals surface area (Å²) >= 11 is 0. The summed E-state index contributed by atoms with van der Waals surface area (Å²) < 4.78 is 8.13. The first-order valence-corrected chi connectivity index (χ1v) is 10.1. The van der Waals surface area contributed by atoms with E-state index in [1.165, 1.54) is 24.8 Å². The Morgan fingerprint density at radius 2 is 1.70 bits per heavy atom. The Balaban J connectivity index is 1.66. The fourth-order valence-electron chi connectivity index (χ4n) is 4.12. The quantitative estimate of drug-likeness (QED) is 0.615. The molecular weight excluding hydrogens is 336 g/mol. The summed E-state index contributed by atoms with van der Waals surface area (Å²) in [6.45, 7) is 5.00. The lowest BCUT2D eigenvalue weighted by Crippen LogP contribution is -2.35. The van der Waals surface area contributed by atoms with Crippen molar-refractivity contribution in [2.24, 2.45) is 0 Å². The number of likely N-dealkylation sites (tertiary alicyclic amines) is 1. The van der Waals surface area contributed by atoms with Crippen LogP contribution in [-0.4, -0.2) is 39.6 Å². The summed E-state index contributed by atoms with van der Waals surface area (Å²) in [5, 5.41) is 8.76. The molecule has 142 valence electrons. The third kappa shape index (κ3) is 4.04. The van der Waals surface area contributed by atoms with Crippen LogP contribution in [0.2, 0.25) is 0 Å². The molecule has 5 heteroatoms. The topological polar surface area (TPSA) is 43.2 Å². The van der Waals surface area contributed by atoms with Gasteiger partial charge in [0.2, 0.25) is 0 Å². The zero-order chi connectivity index (χ0) is 18.5. The lowest BCUT2D eigenvalue weighted by atomic mass is 9.98. The predicted molar refractivity (Wildman–Crippen MR) is 107 cm³/mol. The summed E-state index contributed by atoms with van der Waals surface area (Å²) in [6, 6.07) is 19.2. The van der Waals surface area contributed by atoms with Crippen LogP contribution in [0.15, 0.2) is 54.6 Å². The van der Waals surface area contributed by atoms with Crippen molar-refractivity contribution in [3.8, 4) is 0 Å². The molecule has 4 rings (SSSR count). The number of nitrogens with zero attached hydrogens (tertiary/aromatic N) is 4. The molecule has 0 N–H and O–H groups in total. The predicted octanol–water partition coefficient (Wildman–Crippen LogP) is 4.58. The number of rotatable bonds is 7. The van der Waals surface area contributed by atoms with E-state index in [1.54, 1.807) is 0 Å². The van der Waals surface area contributed by atoms with E-state index < -0.39 is 0 Å². The first kappa shape index (κ1) is 18.1. The highest BCUT2D eigenvalue weighted by Gasteiger charge is 2.27. The first-order valence-electron chi connectivity index (χ1n) is 10.1. The molecule has 0 aliphatic carbocycles. The van der Waals surface area contributed by atoms with E-state index in [-0.39, 0.29) is 6.23 Å².